The molecule has 0 saturated carbocycles. The number of aryl methyl sites for hydroxylation is 1. The van der Waals surface area contributed by atoms with Crippen LogP contribution in [0.5, 0.6) is 0 Å². The third-order valence-electron chi connectivity index (χ3n) is 6.01. The van der Waals surface area contributed by atoms with Crippen molar-refractivity contribution >= 4 is 5.91 Å². The predicted molar refractivity (Wildman–Crippen MR) is 106 cm³/mol. The van der Waals surface area contributed by atoms with Crippen molar-refractivity contribution in [2.24, 2.45) is 5.92 Å². The number of piperidine rings is 1. The molecule has 2 saturated heterocycles. The Balaban J connectivity index is 1.75. The summed E-state index contributed by atoms with van der Waals surface area (Å²) in [6.45, 7) is 10.2. The molecule has 0 spiro atoms. The second-order valence-corrected chi connectivity index (χ2v) is 8.64. The van der Waals surface area contributed by atoms with E-state index in [2.05, 4.69) is 53.3 Å². The fourth-order valence-electron chi connectivity index (χ4n) is 4.12. The van der Waals surface area contributed by atoms with Gasteiger partial charge in [-0.3, -0.25) is 14.6 Å². The van der Waals surface area contributed by atoms with Crippen molar-refractivity contribution in [3.8, 4) is 0 Å². The Morgan fingerprint density at radius 1 is 1.25 bits per heavy atom. The minimum Gasteiger partial charge on any atom is -0.379 e. The van der Waals surface area contributed by atoms with Crippen LogP contribution >= 0.6 is 0 Å². The Bertz CT molecular complexity index is 642. The summed E-state index contributed by atoms with van der Waals surface area (Å²) in [6.07, 6.45) is 2.93. The highest BCUT2D eigenvalue weighted by Crippen LogP contribution is 2.34. The summed E-state index contributed by atoms with van der Waals surface area (Å²) in [5.74, 6) is 1.65. The Morgan fingerprint density at radius 2 is 2.00 bits per heavy atom. The molecule has 2 aliphatic heterocycles. The molecule has 9 nitrogen and oxygen atoms in total. The van der Waals surface area contributed by atoms with E-state index < -0.39 is 0 Å². The average Bonchev–Trinajstić information content (AvgIpc) is 3.16. The number of carbonyl (C=O) groups excluding carboxylic acids is 1. The van der Waals surface area contributed by atoms with Crippen molar-refractivity contribution in [1.82, 2.24) is 34.9 Å². The van der Waals surface area contributed by atoms with E-state index in [9.17, 15) is 4.79 Å². The first kappa shape index (κ1) is 21.1. The highest BCUT2D eigenvalue weighted by molar-refractivity contribution is 5.78. The summed E-state index contributed by atoms with van der Waals surface area (Å²) in [5.41, 5.74) is -0.348. The van der Waals surface area contributed by atoms with Gasteiger partial charge in [-0.2, -0.15) is 0 Å². The molecule has 0 bridgehead atoms. The Hall–Kier alpha value is -1.58. The molecule has 0 N–H and O–H groups in total. The van der Waals surface area contributed by atoms with E-state index in [0.29, 0.717) is 32.2 Å². The lowest BCUT2D eigenvalue weighted by molar-refractivity contribution is -0.137. The van der Waals surface area contributed by atoms with Crippen molar-refractivity contribution < 1.29 is 9.53 Å². The Morgan fingerprint density at radius 3 is 2.68 bits per heavy atom. The Labute approximate surface area is 168 Å². The van der Waals surface area contributed by atoms with Crippen LogP contribution in [-0.4, -0.2) is 101 Å². The van der Waals surface area contributed by atoms with Gasteiger partial charge in [-0.1, -0.05) is 13.8 Å². The Kier molecular flexibility index (Phi) is 7.00. The summed E-state index contributed by atoms with van der Waals surface area (Å²) < 4.78 is 7.34. The number of nitrogens with zero attached hydrogens (tertiary/aromatic N) is 7. The lowest BCUT2D eigenvalue weighted by atomic mass is 9.86. The maximum Gasteiger partial charge on any atom is 0.236 e. The van der Waals surface area contributed by atoms with Crippen LogP contribution in [0.2, 0.25) is 0 Å². The first-order valence-electron chi connectivity index (χ1n) is 10.4. The highest BCUT2D eigenvalue weighted by atomic mass is 16.5. The number of hydrogen-bond acceptors (Lipinski definition) is 7. The zero-order valence-electron chi connectivity index (χ0n) is 17.8. The molecular weight excluding hydrogens is 358 g/mol. The second-order valence-electron chi connectivity index (χ2n) is 8.64. The highest BCUT2D eigenvalue weighted by Gasteiger charge is 2.44. The van der Waals surface area contributed by atoms with E-state index in [0.717, 1.165) is 51.3 Å². The molecule has 0 unspecified atom stereocenters. The molecule has 1 aromatic rings. The second kappa shape index (κ2) is 9.28. The fraction of sp³-hybridized carbons (Fsp3) is 0.895. The third-order valence-corrected chi connectivity index (χ3v) is 6.01. The molecule has 1 atom stereocenters. The van der Waals surface area contributed by atoms with Gasteiger partial charge in [0.15, 0.2) is 5.82 Å². The monoisotopic (exact) mass is 393 g/mol. The zero-order chi connectivity index (χ0) is 20.1. The molecule has 3 rings (SSSR count). The maximum absolute atomic E-state index is 13.0. The lowest BCUT2D eigenvalue weighted by Crippen LogP contribution is -2.58. The molecule has 1 aromatic heterocycles. The molecule has 9 heteroatoms. The van der Waals surface area contributed by atoms with Gasteiger partial charge in [0.2, 0.25) is 5.91 Å². The van der Waals surface area contributed by atoms with Crippen LogP contribution in [0.3, 0.4) is 0 Å². The number of carbonyl (C=O) groups is 1. The number of likely N-dealkylation sites (N-methyl/N-ethyl adjacent to an activating group) is 1. The quantitative estimate of drug-likeness (QED) is 0.665. The van der Waals surface area contributed by atoms with Gasteiger partial charge >= 0.3 is 0 Å². The number of tetrazole rings is 1. The van der Waals surface area contributed by atoms with Gasteiger partial charge in [-0.15, -0.1) is 5.10 Å². The summed E-state index contributed by atoms with van der Waals surface area (Å²) in [5, 5.41) is 12.7. The van der Waals surface area contributed by atoms with Gasteiger partial charge in [0.1, 0.15) is 5.54 Å². The standard InChI is InChI=1S/C19H35N7O2/c1-16(2)6-9-26-18(20-21-22-26)19(23(3)4)7-5-8-25(15-19)17(27)14-24-10-12-28-13-11-24/h16H,5-15H2,1-4H3/t19-/m0/s1. The van der Waals surface area contributed by atoms with Crippen LogP contribution in [0.1, 0.15) is 38.9 Å². The van der Waals surface area contributed by atoms with Crippen molar-refractivity contribution in [3.63, 3.8) is 0 Å². The van der Waals surface area contributed by atoms with Gasteiger partial charge in [-0.05, 0) is 49.7 Å². The topological polar surface area (TPSA) is 79.6 Å². The minimum atomic E-state index is -0.348. The van der Waals surface area contributed by atoms with Crippen LogP contribution in [-0.2, 0) is 21.6 Å². The van der Waals surface area contributed by atoms with Gasteiger partial charge in [0.05, 0.1) is 19.8 Å². The van der Waals surface area contributed by atoms with Crippen molar-refractivity contribution in [2.75, 3.05) is 60.0 Å². The lowest BCUT2D eigenvalue weighted by Gasteiger charge is -2.46. The van der Waals surface area contributed by atoms with Gasteiger partial charge in [-0.25, -0.2) is 4.68 Å². The number of likely N-dealkylation sites (tertiary alicyclic amines) is 1. The number of hydrogen-bond donors (Lipinski definition) is 0. The largest absolute Gasteiger partial charge is 0.379 e. The van der Waals surface area contributed by atoms with E-state index >= 15 is 0 Å². The van der Waals surface area contributed by atoms with E-state index in [1.807, 2.05) is 9.58 Å². The van der Waals surface area contributed by atoms with Crippen LogP contribution in [0, 0.1) is 5.92 Å². The first-order chi connectivity index (χ1) is 13.4. The minimum absolute atomic E-state index is 0.189. The van der Waals surface area contributed by atoms with Gasteiger partial charge in [0, 0.05) is 32.7 Å². The summed E-state index contributed by atoms with van der Waals surface area (Å²) in [4.78, 5) is 19.4. The number of morpholine rings is 1. The van der Waals surface area contributed by atoms with Crippen molar-refractivity contribution in [2.45, 2.75) is 45.2 Å². The van der Waals surface area contributed by atoms with Gasteiger partial charge in [0.25, 0.3) is 0 Å². The van der Waals surface area contributed by atoms with E-state index in [-0.39, 0.29) is 11.4 Å². The molecule has 0 radical (unpaired) electrons. The van der Waals surface area contributed by atoms with Crippen LogP contribution < -0.4 is 0 Å². The van der Waals surface area contributed by atoms with Crippen LogP contribution in [0.15, 0.2) is 0 Å². The molecule has 0 aromatic carbocycles. The van der Waals surface area contributed by atoms with Crippen LogP contribution in [0.25, 0.3) is 0 Å². The number of aromatic nitrogens is 4. The third kappa shape index (κ3) is 4.69. The SMILES string of the molecule is CC(C)CCn1nnnc1[C@]1(N(C)C)CCCN(C(=O)CN2CCOCC2)C1. The van der Waals surface area contributed by atoms with E-state index in [1.54, 1.807) is 0 Å². The molecule has 0 aliphatic carbocycles. The zero-order valence-corrected chi connectivity index (χ0v) is 17.8. The smallest absolute Gasteiger partial charge is 0.236 e. The number of ether oxygens (including phenoxy) is 1. The molecule has 1 amide bonds. The normalized spacial score (nSPS) is 24.3. The van der Waals surface area contributed by atoms with Crippen LogP contribution in [0.4, 0.5) is 0 Å². The predicted octanol–water partition coefficient (Wildman–Crippen LogP) is 0.431. The molecule has 158 valence electrons. The molecule has 2 fully saturated rings. The van der Waals surface area contributed by atoms with E-state index in [4.69, 9.17) is 4.74 Å². The van der Waals surface area contributed by atoms with Crippen molar-refractivity contribution in [1.29, 1.82) is 0 Å². The van der Waals surface area contributed by atoms with Crippen molar-refractivity contribution in [3.05, 3.63) is 5.82 Å². The average molecular weight is 394 g/mol. The maximum atomic E-state index is 13.0. The fourth-order valence-corrected chi connectivity index (χ4v) is 4.12. The van der Waals surface area contributed by atoms with E-state index in [1.165, 1.54) is 0 Å². The summed E-state index contributed by atoms with van der Waals surface area (Å²) >= 11 is 0. The summed E-state index contributed by atoms with van der Waals surface area (Å²) in [7, 11) is 4.13. The van der Waals surface area contributed by atoms with Gasteiger partial charge < -0.3 is 9.64 Å². The molecular formula is C19H35N7O2. The number of rotatable bonds is 7. The molecule has 3 heterocycles. The number of amides is 1. The first-order valence-corrected chi connectivity index (χ1v) is 10.4. The molecule has 2 aliphatic rings. The molecule has 28 heavy (non-hydrogen) atoms. The summed E-state index contributed by atoms with van der Waals surface area (Å²) in [6, 6.07) is 0.